The summed E-state index contributed by atoms with van der Waals surface area (Å²) in [5.74, 6) is -3.06. The van der Waals surface area contributed by atoms with Gasteiger partial charge in [0, 0.05) is 0 Å². The first-order chi connectivity index (χ1) is 8.06. The standard InChI is InChI=1S/C9H6ClNO6/c10-17-9(13)8(12)16-7(11(14)15)6-4-2-1-3-5-6/h1-5,7H. The van der Waals surface area contributed by atoms with E-state index in [0.29, 0.717) is 0 Å². The van der Waals surface area contributed by atoms with Crippen molar-refractivity contribution in [2.24, 2.45) is 0 Å². The third-order valence-electron chi connectivity index (χ3n) is 1.73. The summed E-state index contributed by atoms with van der Waals surface area (Å²) in [4.78, 5) is 31.5. The molecule has 1 rings (SSSR count). The fraction of sp³-hybridized carbons (Fsp3) is 0.111. The lowest BCUT2D eigenvalue weighted by Crippen LogP contribution is -2.24. The van der Waals surface area contributed by atoms with Crippen molar-refractivity contribution in [2.45, 2.75) is 6.23 Å². The minimum atomic E-state index is -1.78. The fourth-order valence-electron chi connectivity index (χ4n) is 1.03. The Morgan fingerprint density at radius 3 is 2.29 bits per heavy atom. The van der Waals surface area contributed by atoms with E-state index in [1.54, 1.807) is 6.07 Å². The Kier molecular flexibility index (Phi) is 4.41. The van der Waals surface area contributed by atoms with E-state index in [0.717, 1.165) is 0 Å². The van der Waals surface area contributed by atoms with Crippen molar-refractivity contribution in [2.75, 3.05) is 0 Å². The highest BCUT2D eigenvalue weighted by Crippen LogP contribution is 2.17. The third-order valence-corrected chi connectivity index (χ3v) is 1.87. The Hall–Kier alpha value is -2.15. The van der Waals surface area contributed by atoms with Crippen LogP contribution in [-0.4, -0.2) is 16.9 Å². The first kappa shape index (κ1) is 12.9. The van der Waals surface area contributed by atoms with E-state index < -0.39 is 23.1 Å². The number of rotatable bonds is 3. The number of hydrogen-bond acceptors (Lipinski definition) is 6. The van der Waals surface area contributed by atoms with Gasteiger partial charge in [-0.15, -0.1) is 0 Å². The van der Waals surface area contributed by atoms with E-state index in [1.807, 2.05) is 0 Å². The van der Waals surface area contributed by atoms with Crippen LogP contribution in [0.1, 0.15) is 11.8 Å². The van der Waals surface area contributed by atoms with Crippen LogP contribution in [0.5, 0.6) is 0 Å². The molecule has 0 heterocycles. The zero-order valence-electron chi connectivity index (χ0n) is 8.24. The molecule has 0 N–H and O–H groups in total. The van der Waals surface area contributed by atoms with Gasteiger partial charge in [0.05, 0.1) is 10.5 Å². The van der Waals surface area contributed by atoms with Gasteiger partial charge in [0.1, 0.15) is 11.9 Å². The van der Waals surface area contributed by atoms with Crippen molar-refractivity contribution in [3.05, 3.63) is 46.0 Å². The molecule has 0 saturated carbocycles. The minimum Gasteiger partial charge on any atom is -0.385 e. The lowest BCUT2D eigenvalue weighted by molar-refractivity contribution is -0.575. The normalized spacial score (nSPS) is 11.4. The van der Waals surface area contributed by atoms with E-state index in [2.05, 4.69) is 20.9 Å². The van der Waals surface area contributed by atoms with Crippen LogP contribution in [0, 0.1) is 10.1 Å². The minimum absolute atomic E-state index is 0.119. The molecule has 0 radical (unpaired) electrons. The molecule has 0 amide bonds. The number of benzene rings is 1. The van der Waals surface area contributed by atoms with Crippen LogP contribution < -0.4 is 0 Å². The van der Waals surface area contributed by atoms with Gasteiger partial charge in [0.2, 0.25) is 0 Å². The van der Waals surface area contributed by atoms with Crippen molar-refractivity contribution in [3.8, 4) is 0 Å². The molecule has 0 spiro atoms. The van der Waals surface area contributed by atoms with Crippen LogP contribution >= 0.6 is 11.9 Å². The van der Waals surface area contributed by atoms with Crippen LogP contribution in [0.25, 0.3) is 0 Å². The average Bonchev–Trinajstić information content (AvgIpc) is 2.35. The van der Waals surface area contributed by atoms with Crippen LogP contribution in [-0.2, 0) is 18.6 Å². The largest absolute Gasteiger partial charge is 0.435 e. The number of nitro groups is 1. The average molecular weight is 260 g/mol. The molecule has 1 atom stereocenters. The van der Waals surface area contributed by atoms with Crippen LogP contribution in [0.3, 0.4) is 0 Å². The summed E-state index contributed by atoms with van der Waals surface area (Å²) in [6.07, 6.45) is -1.78. The second kappa shape index (κ2) is 5.80. The van der Waals surface area contributed by atoms with Gasteiger partial charge < -0.3 is 9.03 Å². The van der Waals surface area contributed by atoms with Crippen molar-refractivity contribution in [1.29, 1.82) is 0 Å². The van der Waals surface area contributed by atoms with E-state index >= 15 is 0 Å². The molecular formula is C9H6ClNO6. The first-order valence-electron chi connectivity index (χ1n) is 4.28. The highest BCUT2D eigenvalue weighted by molar-refractivity contribution is 6.35. The highest BCUT2D eigenvalue weighted by Gasteiger charge is 2.31. The molecule has 1 unspecified atom stereocenters. The molecule has 7 nitrogen and oxygen atoms in total. The molecule has 0 bridgehead atoms. The molecule has 1 aromatic rings. The number of halogens is 1. The summed E-state index contributed by atoms with van der Waals surface area (Å²) in [5.41, 5.74) is 0.119. The van der Waals surface area contributed by atoms with Gasteiger partial charge in [-0.25, -0.2) is 9.59 Å². The Labute approximate surface area is 100 Å². The molecule has 0 aliphatic carbocycles. The molecule has 0 fully saturated rings. The topological polar surface area (TPSA) is 95.7 Å². The molecule has 0 saturated heterocycles. The van der Waals surface area contributed by atoms with E-state index in [1.165, 1.54) is 24.3 Å². The van der Waals surface area contributed by atoms with Crippen LogP contribution in [0.2, 0.25) is 0 Å². The first-order valence-corrected chi connectivity index (χ1v) is 4.59. The maximum Gasteiger partial charge on any atom is 0.435 e. The number of carbonyl (C=O) groups is 2. The molecule has 0 aromatic heterocycles. The molecule has 1 aromatic carbocycles. The SMILES string of the molecule is O=C(OCl)C(=O)OC(c1ccccc1)[N+](=O)[O-]. The Morgan fingerprint density at radius 1 is 1.24 bits per heavy atom. The fourth-order valence-corrected chi connectivity index (χ4v) is 1.09. The number of esters is 1. The van der Waals surface area contributed by atoms with Crippen LogP contribution in [0.4, 0.5) is 0 Å². The zero-order chi connectivity index (χ0) is 12.8. The monoisotopic (exact) mass is 259 g/mol. The van der Waals surface area contributed by atoms with Crippen molar-refractivity contribution < 1.29 is 23.5 Å². The van der Waals surface area contributed by atoms with Gasteiger partial charge in [-0.05, 0) is 12.1 Å². The number of ether oxygens (including phenoxy) is 1. The summed E-state index contributed by atoms with van der Waals surface area (Å²) in [6, 6.07) is 7.45. The third kappa shape index (κ3) is 3.42. The lowest BCUT2D eigenvalue weighted by atomic mass is 10.2. The summed E-state index contributed by atoms with van der Waals surface area (Å²) < 4.78 is 7.92. The second-order valence-electron chi connectivity index (χ2n) is 2.82. The van der Waals surface area contributed by atoms with Crippen LogP contribution in [0.15, 0.2) is 30.3 Å². The van der Waals surface area contributed by atoms with Crippen molar-refractivity contribution in [1.82, 2.24) is 0 Å². The summed E-state index contributed by atoms with van der Waals surface area (Å²) in [6.45, 7) is 0. The molecular weight excluding hydrogens is 254 g/mol. The predicted octanol–water partition coefficient (Wildman–Crippen LogP) is 1.20. The Morgan fingerprint density at radius 2 is 1.82 bits per heavy atom. The zero-order valence-corrected chi connectivity index (χ0v) is 8.99. The molecule has 0 aliphatic rings. The number of hydrogen-bond donors (Lipinski definition) is 0. The molecule has 0 aliphatic heterocycles. The van der Waals surface area contributed by atoms with Crippen molar-refractivity contribution in [3.63, 3.8) is 0 Å². The lowest BCUT2D eigenvalue weighted by Gasteiger charge is -2.08. The van der Waals surface area contributed by atoms with Gasteiger partial charge in [-0.3, -0.25) is 10.1 Å². The van der Waals surface area contributed by atoms with E-state index in [-0.39, 0.29) is 5.56 Å². The summed E-state index contributed by atoms with van der Waals surface area (Å²) in [7, 11) is 0. The summed E-state index contributed by atoms with van der Waals surface area (Å²) in [5, 5.41) is 10.7. The number of nitrogens with zero attached hydrogens (tertiary/aromatic N) is 1. The van der Waals surface area contributed by atoms with Gasteiger partial charge in [-0.1, -0.05) is 18.2 Å². The predicted molar refractivity (Wildman–Crippen MR) is 54.2 cm³/mol. The van der Waals surface area contributed by atoms with Gasteiger partial charge in [-0.2, -0.15) is 0 Å². The quantitative estimate of drug-likeness (QED) is 0.266. The number of carbonyl (C=O) groups excluding carboxylic acids is 2. The van der Waals surface area contributed by atoms with E-state index in [9.17, 15) is 19.7 Å². The Balaban J connectivity index is 2.86. The van der Waals surface area contributed by atoms with Gasteiger partial charge in [0.25, 0.3) is 0 Å². The van der Waals surface area contributed by atoms with Gasteiger partial charge in [0.15, 0.2) is 0 Å². The molecule has 17 heavy (non-hydrogen) atoms. The maximum absolute atomic E-state index is 11.0. The van der Waals surface area contributed by atoms with E-state index in [4.69, 9.17) is 0 Å². The van der Waals surface area contributed by atoms with Gasteiger partial charge >= 0.3 is 18.2 Å². The second-order valence-corrected chi connectivity index (χ2v) is 2.97. The highest BCUT2D eigenvalue weighted by atomic mass is 35.5. The maximum atomic E-state index is 11.0. The Bertz CT molecular complexity index is 434. The van der Waals surface area contributed by atoms with Crippen molar-refractivity contribution >= 4 is 23.8 Å². The molecule has 90 valence electrons. The smallest absolute Gasteiger partial charge is 0.385 e. The molecule has 8 heteroatoms. The summed E-state index contributed by atoms with van der Waals surface area (Å²) >= 11 is 4.64.